The van der Waals surface area contributed by atoms with Crippen molar-refractivity contribution in [2.75, 3.05) is 24.5 Å². The Kier molecular flexibility index (Phi) is 5.28. The number of aromatic nitrogens is 3. The van der Waals surface area contributed by atoms with E-state index in [1.807, 2.05) is 37.4 Å². The molecule has 0 radical (unpaired) electrons. The van der Waals surface area contributed by atoms with Crippen molar-refractivity contribution >= 4 is 16.9 Å². The average Bonchev–Trinajstić information content (AvgIpc) is 2.73. The molecule has 0 aromatic carbocycles. The predicted octanol–water partition coefficient (Wildman–Crippen LogP) is 2.46. The molecule has 4 heterocycles. The number of H-pyrrole nitrogens is 1. The van der Waals surface area contributed by atoms with Gasteiger partial charge in [0.05, 0.1) is 16.6 Å². The highest BCUT2D eigenvalue weighted by Crippen LogP contribution is 2.20. The van der Waals surface area contributed by atoms with Crippen molar-refractivity contribution in [3.8, 4) is 6.07 Å². The van der Waals surface area contributed by atoms with Crippen molar-refractivity contribution in [3.05, 3.63) is 63.7 Å². The van der Waals surface area contributed by atoms with Gasteiger partial charge in [0.2, 0.25) is 0 Å². The van der Waals surface area contributed by atoms with Gasteiger partial charge in [0, 0.05) is 50.2 Å². The average molecular weight is 388 g/mol. The van der Waals surface area contributed by atoms with Gasteiger partial charge >= 0.3 is 0 Å². The van der Waals surface area contributed by atoms with E-state index < -0.39 is 0 Å². The van der Waals surface area contributed by atoms with Gasteiger partial charge in [-0.15, -0.1) is 0 Å². The molecule has 1 aliphatic rings. The van der Waals surface area contributed by atoms with Crippen molar-refractivity contribution in [1.29, 1.82) is 5.26 Å². The van der Waals surface area contributed by atoms with Crippen LogP contribution in [0.15, 0.2) is 41.5 Å². The molecule has 0 bridgehead atoms. The molecule has 0 saturated carbocycles. The summed E-state index contributed by atoms with van der Waals surface area (Å²) in [6.45, 7) is 7.64. The molecule has 1 aliphatic heterocycles. The number of anilines is 1. The summed E-state index contributed by atoms with van der Waals surface area (Å²) in [6.07, 6.45) is 4.23. The molecule has 0 unspecified atom stereocenters. The topological polar surface area (TPSA) is 88.9 Å². The van der Waals surface area contributed by atoms with Crippen LogP contribution in [0.2, 0.25) is 0 Å². The van der Waals surface area contributed by atoms with E-state index in [0.717, 1.165) is 54.2 Å². The molecule has 1 atom stereocenters. The quantitative estimate of drug-likeness (QED) is 0.739. The van der Waals surface area contributed by atoms with E-state index in [9.17, 15) is 4.79 Å². The first-order valence-electron chi connectivity index (χ1n) is 9.93. The largest absolute Gasteiger partial charge is 0.351 e. The van der Waals surface area contributed by atoms with Crippen LogP contribution in [0.5, 0.6) is 0 Å². The van der Waals surface area contributed by atoms with Crippen LogP contribution in [0.1, 0.15) is 30.5 Å². The van der Waals surface area contributed by atoms with Crippen molar-refractivity contribution in [2.24, 2.45) is 0 Å². The maximum Gasteiger partial charge on any atom is 0.251 e. The third kappa shape index (κ3) is 3.98. The van der Waals surface area contributed by atoms with E-state index in [1.54, 1.807) is 6.20 Å². The highest BCUT2D eigenvalue weighted by atomic mass is 16.1. The molecular formula is C22H24N6O. The first kappa shape index (κ1) is 19.1. The van der Waals surface area contributed by atoms with E-state index in [2.05, 4.69) is 37.7 Å². The minimum atomic E-state index is -0.0314. The third-order valence-corrected chi connectivity index (χ3v) is 5.50. The Morgan fingerprint density at radius 2 is 2.10 bits per heavy atom. The van der Waals surface area contributed by atoms with E-state index in [4.69, 9.17) is 5.26 Å². The fraction of sp³-hybridized carbons (Fsp3) is 0.364. The molecule has 0 aliphatic carbocycles. The van der Waals surface area contributed by atoms with E-state index in [0.29, 0.717) is 18.0 Å². The van der Waals surface area contributed by atoms with Crippen LogP contribution >= 0.6 is 0 Å². The number of pyridine rings is 3. The van der Waals surface area contributed by atoms with Crippen molar-refractivity contribution in [3.63, 3.8) is 0 Å². The SMILES string of the molecule is CCc1cc2ncc(CN3CCN(c4ccc(C#N)cn4)[C@H](C)C3)cc2[nH]c1=O. The van der Waals surface area contributed by atoms with Crippen LogP contribution in [-0.4, -0.2) is 45.5 Å². The molecule has 7 heteroatoms. The smallest absolute Gasteiger partial charge is 0.251 e. The zero-order valence-corrected chi connectivity index (χ0v) is 16.7. The summed E-state index contributed by atoms with van der Waals surface area (Å²) in [5, 5.41) is 8.94. The monoisotopic (exact) mass is 388 g/mol. The first-order valence-corrected chi connectivity index (χ1v) is 9.93. The lowest BCUT2D eigenvalue weighted by Gasteiger charge is -2.40. The number of hydrogen-bond acceptors (Lipinski definition) is 6. The van der Waals surface area contributed by atoms with Gasteiger partial charge in [-0.2, -0.15) is 5.26 Å². The number of aryl methyl sites for hydroxylation is 1. The molecule has 3 aromatic rings. The Morgan fingerprint density at radius 1 is 1.24 bits per heavy atom. The number of piperazine rings is 1. The fourth-order valence-electron chi connectivity index (χ4n) is 3.91. The van der Waals surface area contributed by atoms with Crippen molar-refractivity contribution in [1.82, 2.24) is 19.9 Å². The van der Waals surface area contributed by atoms with Crippen LogP contribution < -0.4 is 10.5 Å². The lowest BCUT2D eigenvalue weighted by molar-refractivity contribution is 0.220. The summed E-state index contributed by atoms with van der Waals surface area (Å²) in [7, 11) is 0. The summed E-state index contributed by atoms with van der Waals surface area (Å²) in [5.74, 6) is 0.910. The summed E-state index contributed by atoms with van der Waals surface area (Å²) < 4.78 is 0. The van der Waals surface area contributed by atoms with E-state index >= 15 is 0 Å². The fourth-order valence-corrected chi connectivity index (χ4v) is 3.91. The molecule has 1 saturated heterocycles. The lowest BCUT2D eigenvalue weighted by atomic mass is 10.1. The predicted molar refractivity (Wildman–Crippen MR) is 113 cm³/mol. The summed E-state index contributed by atoms with van der Waals surface area (Å²) in [6, 6.07) is 10.1. The molecule has 4 rings (SSSR count). The zero-order chi connectivity index (χ0) is 20.4. The number of nitrogens with zero attached hydrogens (tertiary/aromatic N) is 5. The van der Waals surface area contributed by atoms with Gasteiger partial charge < -0.3 is 9.88 Å². The summed E-state index contributed by atoms with van der Waals surface area (Å²) in [4.78, 5) is 28.7. The number of fused-ring (bicyclic) bond motifs is 1. The minimum Gasteiger partial charge on any atom is -0.351 e. The first-order chi connectivity index (χ1) is 14.1. The van der Waals surface area contributed by atoms with Gasteiger partial charge in [-0.1, -0.05) is 6.92 Å². The van der Waals surface area contributed by atoms with Crippen LogP contribution in [0.3, 0.4) is 0 Å². The molecular weight excluding hydrogens is 364 g/mol. The number of rotatable bonds is 4. The molecule has 1 fully saturated rings. The second kappa shape index (κ2) is 8.02. The Bertz CT molecular complexity index is 1110. The second-order valence-electron chi connectivity index (χ2n) is 7.55. The Morgan fingerprint density at radius 3 is 2.79 bits per heavy atom. The standard InChI is InChI=1S/C22H24N6O/c1-3-18-9-19-20(26-22(18)29)8-17(12-24-19)14-27-6-7-28(15(2)13-27)21-5-4-16(10-23)11-25-21/h4-5,8-9,11-12,15H,3,6-7,13-14H2,1-2H3,(H,26,29)/t15-/m1/s1. The minimum absolute atomic E-state index is 0.0314. The zero-order valence-electron chi connectivity index (χ0n) is 16.7. The van der Waals surface area contributed by atoms with Gasteiger partial charge in [-0.25, -0.2) is 4.98 Å². The summed E-state index contributed by atoms with van der Waals surface area (Å²) >= 11 is 0. The van der Waals surface area contributed by atoms with Gasteiger partial charge in [0.15, 0.2) is 0 Å². The third-order valence-electron chi connectivity index (χ3n) is 5.50. The molecule has 0 amide bonds. The Hall–Kier alpha value is -3.24. The Labute approximate surface area is 169 Å². The van der Waals surface area contributed by atoms with Gasteiger partial charge in [-0.3, -0.25) is 14.7 Å². The maximum absolute atomic E-state index is 12.1. The van der Waals surface area contributed by atoms with E-state index in [-0.39, 0.29) is 5.56 Å². The normalized spacial score (nSPS) is 17.4. The van der Waals surface area contributed by atoms with Gasteiger partial charge in [0.25, 0.3) is 5.56 Å². The van der Waals surface area contributed by atoms with Crippen LogP contribution in [0, 0.1) is 11.3 Å². The molecule has 148 valence electrons. The van der Waals surface area contributed by atoms with Crippen LogP contribution in [0.4, 0.5) is 5.82 Å². The van der Waals surface area contributed by atoms with Gasteiger partial charge in [0.1, 0.15) is 11.9 Å². The van der Waals surface area contributed by atoms with Crippen LogP contribution in [0.25, 0.3) is 11.0 Å². The highest BCUT2D eigenvalue weighted by Gasteiger charge is 2.24. The van der Waals surface area contributed by atoms with E-state index in [1.165, 1.54) is 0 Å². The number of hydrogen-bond donors (Lipinski definition) is 1. The van der Waals surface area contributed by atoms with Crippen molar-refractivity contribution in [2.45, 2.75) is 32.9 Å². The molecule has 3 aromatic heterocycles. The maximum atomic E-state index is 12.1. The molecule has 1 N–H and O–H groups in total. The Balaban J connectivity index is 1.45. The number of nitriles is 1. The number of aromatic amines is 1. The van der Waals surface area contributed by atoms with Crippen molar-refractivity contribution < 1.29 is 0 Å². The molecule has 7 nitrogen and oxygen atoms in total. The number of nitrogens with one attached hydrogen (secondary N) is 1. The molecule has 0 spiro atoms. The lowest BCUT2D eigenvalue weighted by Crippen LogP contribution is -2.51. The van der Waals surface area contributed by atoms with Gasteiger partial charge in [-0.05, 0) is 43.2 Å². The molecule has 29 heavy (non-hydrogen) atoms. The summed E-state index contributed by atoms with van der Waals surface area (Å²) in [5.41, 5.74) is 4.02. The highest BCUT2D eigenvalue weighted by molar-refractivity contribution is 5.74. The second-order valence-corrected chi connectivity index (χ2v) is 7.55. The van der Waals surface area contributed by atoms with Crippen LogP contribution in [-0.2, 0) is 13.0 Å².